The van der Waals surface area contributed by atoms with Gasteiger partial charge in [0.05, 0.1) is 0 Å². The molecule has 0 fully saturated rings. The van der Waals surface area contributed by atoms with E-state index < -0.39 is 5.97 Å². The van der Waals surface area contributed by atoms with E-state index in [2.05, 4.69) is 50.6 Å². The van der Waals surface area contributed by atoms with E-state index in [1.807, 2.05) is 13.8 Å². The minimum atomic E-state index is -0.833. The molecule has 0 heterocycles. The fourth-order valence-electron chi connectivity index (χ4n) is 0. The topological polar surface area (TPSA) is 141 Å². The Morgan fingerprint density at radius 1 is 0.969 bits per heavy atom. The average molecular weight is 726 g/mol. The fourth-order valence-corrected chi connectivity index (χ4v) is 0. The molecule has 0 atom stereocenters. The molecule has 0 aromatic rings. The molecule has 8 nitrogen and oxygen atoms in total. The molecule has 0 saturated carbocycles. The molecule has 0 saturated heterocycles. The number of halogens is 3. The maximum Gasteiger partial charge on any atom is 1.00 e. The molecular formula is C17H42BBr3K2NaO8. The van der Waals surface area contributed by atoms with Gasteiger partial charge in [0.15, 0.2) is 0 Å². The number of carboxylic acid groups (broad SMARTS) is 1. The summed E-state index contributed by atoms with van der Waals surface area (Å²) in [7, 11) is 0. The van der Waals surface area contributed by atoms with Gasteiger partial charge >= 0.3 is 132 Å². The van der Waals surface area contributed by atoms with Crippen molar-refractivity contribution in [2.24, 2.45) is 0 Å². The molecule has 185 valence electrons. The maximum absolute atomic E-state index is 9.44. The van der Waals surface area contributed by atoms with Crippen LogP contribution in [0.1, 0.15) is 71.6 Å². The molecule has 0 spiro atoms. The minimum absolute atomic E-state index is 0. The summed E-state index contributed by atoms with van der Waals surface area (Å²) in [6.07, 6.45) is 2.00. The SMILES string of the molecule is Br.CC(=O)O.CC(C)=O.CC=O.CCBr.CCBr.CCC.CCO.O=CO[O-].[B].[H-].[H-].[K+].[K+].[Na+]. The smallest absolute Gasteiger partial charge is 1.00 e. The van der Waals surface area contributed by atoms with E-state index in [4.69, 9.17) is 29.9 Å². The van der Waals surface area contributed by atoms with Gasteiger partial charge in [0.2, 0.25) is 0 Å². The number of aliphatic hydroxyl groups is 1. The van der Waals surface area contributed by atoms with Crippen LogP contribution in [0.15, 0.2) is 0 Å². The van der Waals surface area contributed by atoms with Crippen molar-refractivity contribution < 1.29 is 175 Å². The van der Waals surface area contributed by atoms with Crippen LogP contribution in [0, 0.1) is 0 Å². The molecule has 0 amide bonds. The summed E-state index contributed by atoms with van der Waals surface area (Å²) < 4.78 is 0. The van der Waals surface area contributed by atoms with Gasteiger partial charge in [0.1, 0.15) is 12.1 Å². The Hall–Kier alpha value is 3.98. The largest absolute Gasteiger partial charge is 1.00 e. The first-order chi connectivity index (χ1) is 12.4. The average Bonchev–Trinajstić information content (AvgIpc) is 2.50. The third-order valence-corrected chi connectivity index (χ3v) is 0.0393. The molecule has 0 aliphatic rings. The van der Waals surface area contributed by atoms with Gasteiger partial charge in [-0.1, -0.05) is 66.0 Å². The van der Waals surface area contributed by atoms with Crippen molar-refractivity contribution in [1.82, 2.24) is 0 Å². The van der Waals surface area contributed by atoms with Crippen molar-refractivity contribution in [3.63, 3.8) is 0 Å². The zero-order valence-corrected chi connectivity index (χ0v) is 35.2. The number of hydrogen-bond acceptors (Lipinski definition) is 7. The molecule has 0 aromatic carbocycles. The molecule has 0 aromatic heterocycles. The molecule has 32 heavy (non-hydrogen) atoms. The second-order valence-corrected chi connectivity index (χ2v) is 5.66. The molecule has 0 aliphatic carbocycles. The summed E-state index contributed by atoms with van der Waals surface area (Å²) in [6.45, 7) is 15.7. The number of carbonyl (C=O) groups is 4. The fraction of sp³-hybridized carbons (Fsp3) is 0.765. The molecule has 0 aliphatic heterocycles. The quantitative estimate of drug-likeness (QED) is 0.0901. The molecule has 15 heteroatoms. The van der Waals surface area contributed by atoms with E-state index in [-0.39, 0.29) is 179 Å². The number of aldehydes is 1. The Morgan fingerprint density at radius 3 is 1.00 bits per heavy atom. The molecule has 0 unspecified atom stereocenters. The standard InChI is InChI=1S/C3H6O.C3H8.2C2H5Br.C2H4O2.C2H6O.C2H4O.CH2O3.B.BrH.2K.Na.2H/c1-3(2)4;1-3-2;2*1-2-3;1-2(3)4;2*1-2-3;2-1-4-3;;;;;;;/h1-2H3;3H2,1-2H3;2*2H2,1H3;1H3,(H,3,4);3H,2H2,1H3;2H,1H3;1,3H;;1H;;;;;/q;;;;;;;;;;3*+1;2*-1/p-1. The summed E-state index contributed by atoms with van der Waals surface area (Å²) in [5, 5.41) is 25.5. The second kappa shape index (κ2) is 140. The van der Waals surface area contributed by atoms with Crippen LogP contribution in [0.3, 0.4) is 0 Å². The maximum atomic E-state index is 9.44. The number of alkyl halides is 2. The van der Waals surface area contributed by atoms with Gasteiger partial charge in [0.25, 0.3) is 12.4 Å². The van der Waals surface area contributed by atoms with Gasteiger partial charge in [-0.3, -0.25) is 9.59 Å². The number of rotatable bonds is 1. The van der Waals surface area contributed by atoms with E-state index in [1.54, 1.807) is 6.92 Å². The van der Waals surface area contributed by atoms with Crippen LogP contribution in [0.4, 0.5) is 0 Å². The Balaban J connectivity index is -0.00000000910. The molecule has 2 N–H and O–H groups in total. The zero-order chi connectivity index (χ0) is 24.1. The number of Topliss-reactive ketones (excluding diaryl/α,β-unsaturated/α-hetero) is 1. The van der Waals surface area contributed by atoms with Crippen LogP contribution in [0.2, 0.25) is 0 Å². The van der Waals surface area contributed by atoms with Crippen LogP contribution >= 0.6 is 48.8 Å². The number of hydrogen-bond donors (Lipinski definition) is 2. The zero-order valence-electron chi connectivity index (χ0n) is 24.1. The number of ketones is 1. The van der Waals surface area contributed by atoms with Gasteiger partial charge in [-0.25, -0.2) is 0 Å². The van der Waals surface area contributed by atoms with E-state index in [0.29, 0.717) is 0 Å². The van der Waals surface area contributed by atoms with E-state index >= 15 is 0 Å². The first-order valence-electron chi connectivity index (χ1n) is 7.97. The molecule has 0 rings (SSSR count). The van der Waals surface area contributed by atoms with Crippen molar-refractivity contribution in [3.05, 3.63) is 0 Å². The van der Waals surface area contributed by atoms with Crippen molar-refractivity contribution in [1.29, 1.82) is 0 Å². The first-order valence-corrected chi connectivity index (χ1v) is 10.2. The number of carboxylic acids is 1. The number of carbonyl (C=O) groups excluding carboxylic acids is 3. The van der Waals surface area contributed by atoms with Crippen LogP contribution in [0.25, 0.3) is 0 Å². The van der Waals surface area contributed by atoms with Crippen LogP contribution < -0.4 is 138 Å². The predicted molar refractivity (Wildman–Crippen MR) is 135 cm³/mol. The van der Waals surface area contributed by atoms with Crippen LogP contribution in [-0.2, 0) is 24.1 Å². The van der Waals surface area contributed by atoms with E-state index in [0.717, 1.165) is 23.9 Å². The number of aliphatic hydroxyl groups excluding tert-OH is 1. The predicted octanol–water partition coefficient (Wildman–Crippen LogP) is -5.02. The van der Waals surface area contributed by atoms with Gasteiger partial charge in [0, 0.05) is 32.6 Å². The Labute approximate surface area is 335 Å². The van der Waals surface area contributed by atoms with Crippen LogP contribution in [-0.4, -0.2) is 60.4 Å². The third-order valence-electron chi connectivity index (χ3n) is 0.0393. The van der Waals surface area contributed by atoms with E-state index in [1.165, 1.54) is 27.2 Å². The van der Waals surface area contributed by atoms with Crippen LogP contribution in [0.5, 0.6) is 0 Å². The van der Waals surface area contributed by atoms with Gasteiger partial charge < -0.3 is 32.8 Å². The molecular weight excluding hydrogens is 684 g/mol. The van der Waals surface area contributed by atoms with Gasteiger partial charge in [-0.05, 0) is 27.7 Å². The van der Waals surface area contributed by atoms with E-state index in [9.17, 15) is 4.79 Å². The first kappa shape index (κ1) is 83.4. The monoisotopic (exact) mass is 723 g/mol. The summed E-state index contributed by atoms with van der Waals surface area (Å²) in [4.78, 5) is 38.5. The molecule has 3 radical (unpaired) electrons. The number of aliphatic carboxylic acids is 1. The Morgan fingerprint density at radius 2 is 1.00 bits per heavy atom. The second-order valence-electron chi connectivity index (χ2n) is 3.41. The molecule has 0 bridgehead atoms. The van der Waals surface area contributed by atoms with Crippen molar-refractivity contribution in [2.45, 2.75) is 68.7 Å². The summed E-state index contributed by atoms with van der Waals surface area (Å²) >= 11 is 6.29. The summed E-state index contributed by atoms with van der Waals surface area (Å²) in [6, 6.07) is 0. The summed E-state index contributed by atoms with van der Waals surface area (Å²) in [5.74, 6) is -0.667. The summed E-state index contributed by atoms with van der Waals surface area (Å²) in [5.41, 5.74) is 0. The Bertz CT molecular complexity index is 239. The van der Waals surface area contributed by atoms with Gasteiger partial charge in [-0.15, -0.1) is 17.0 Å². The van der Waals surface area contributed by atoms with Crippen molar-refractivity contribution in [3.8, 4) is 0 Å². The normalized spacial score (nSPS) is 4.91. The van der Waals surface area contributed by atoms with Crippen molar-refractivity contribution in [2.75, 3.05) is 17.3 Å². The minimum Gasteiger partial charge on any atom is -1.00 e. The van der Waals surface area contributed by atoms with Crippen molar-refractivity contribution >= 4 is 81.8 Å². The third kappa shape index (κ3) is 1490. The van der Waals surface area contributed by atoms with Gasteiger partial charge in [-0.2, -0.15) is 0 Å². The Kier molecular flexibility index (Phi) is 365.